The number of rotatable bonds is 2. The number of amides is 2. The van der Waals surface area contributed by atoms with Gasteiger partial charge in [-0.15, -0.1) is 0 Å². The molecule has 5 nitrogen and oxygen atoms in total. The maximum atomic E-state index is 11.3. The van der Waals surface area contributed by atoms with Crippen molar-refractivity contribution in [1.82, 2.24) is 15.1 Å². The van der Waals surface area contributed by atoms with E-state index in [1.54, 1.807) is 0 Å². The van der Waals surface area contributed by atoms with Gasteiger partial charge in [-0.2, -0.15) is 0 Å². The monoisotopic (exact) mass is 198 g/mol. The van der Waals surface area contributed by atoms with Gasteiger partial charge in [-0.25, -0.2) is 4.79 Å². The zero-order chi connectivity index (χ0) is 10.1. The molecule has 0 bridgehead atoms. The van der Waals surface area contributed by atoms with E-state index < -0.39 is 0 Å². The Morgan fingerprint density at radius 1 is 1.64 bits per heavy atom. The standard InChI is InChI=1S/C9H18N4O/c1-7(4-10)12-2-3-13-8(6-12)5-11-9(13)14/h7-8H,2-6,10H2,1H3,(H,11,14). The normalized spacial score (nSPS) is 30.0. The Bertz CT molecular complexity index is 233. The van der Waals surface area contributed by atoms with Crippen LogP contribution < -0.4 is 11.1 Å². The summed E-state index contributed by atoms with van der Waals surface area (Å²) in [5.41, 5.74) is 5.63. The first-order chi connectivity index (χ1) is 6.72. The van der Waals surface area contributed by atoms with E-state index in [0.717, 1.165) is 26.2 Å². The second kappa shape index (κ2) is 3.74. The van der Waals surface area contributed by atoms with E-state index in [1.807, 2.05) is 4.90 Å². The molecule has 2 aliphatic rings. The quantitative estimate of drug-likeness (QED) is 0.601. The van der Waals surface area contributed by atoms with Crippen LogP contribution in [0, 0.1) is 0 Å². The third-order valence-electron chi connectivity index (χ3n) is 3.23. The molecule has 0 aliphatic carbocycles. The van der Waals surface area contributed by atoms with Gasteiger partial charge < -0.3 is 16.0 Å². The Morgan fingerprint density at radius 2 is 2.43 bits per heavy atom. The van der Waals surface area contributed by atoms with Crippen molar-refractivity contribution in [2.45, 2.75) is 19.0 Å². The zero-order valence-electron chi connectivity index (χ0n) is 8.57. The van der Waals surface area contributed by atoms with Crippen molar-refractivity contribution in [3.05, 3.63) is 0 Å². The van der Waals surface area contributed by atoms with E-state index in [0.29, 0.717) is 18.6 Å². The summed E-state index contributed by atoms with van der Waals surface area (Å²) in [6.07, 6.45) is 0. The minimum Gasteiger partial charge on any atom is -0.336 e. The number of hydrogen-bond donors (Lipinski definition) is 2. The minimum atomic E-state index is 0.0926. The number of fused-ring (bicyclic) bond motifs is 1. The molecule has 2 rings (SSSR count). The van der Waals surface area contributed by atoms with Gasteiger partial charge in [-0.1, -0.05) is 0 Å². The zero-order valence-corrected chi connectivity index (χ0v) is 8.57. The molecule has 0 aromatic rings. The number of nitrogens with one attached hydrogen (secondary N) is 1. The van der Waals surface area contributed by atoms with Crippen LogP contribution in [0.4, 0.5) is 4.79 Å². The average Bonchev–Trinajstić information content (AvgIpc) is 2.59. The Kier molecular flexibility index (Phi) is 2.60. The molecule has 0 saturated carbocycles. The van der Waals surface area contributed by atoms with Crippen LogP contribution in [-0.2, 0) is 0 Å². The van der Waals surface area contributed by atoms with Gasteiger partial charge in [0, 0.05) is 38.8 Å². The van der Waals surface area contributed by atoms with Gasteiger partial charge >= 0.3 is 6.03 Å². The second-order valence-corrected chi connectivity index (χ2v) is 4.11. The van der Waals surface area contributed by atoms with E-state index >= 15 is 0 Å². The van der Waals surface area contributed by atoms with E-state index in [4.69, 9.17) is 5.73 Å². The van der Waals surface area contributed by atoms with Crippen LogP contribution in [0.2, 0.25) is 0 Å². The smallest absolute Gasteiger partial charge is 0.317 e. The molecule has 14 heavy (non-hydrogen) atoms. The van der Waals surface area contributed by atoms with Crippen molar-refractivity contribution in [3.63, 3.8) is 0 Å². The van der Waals surface area contributed by atoms with Gasteiger partial charge in [0.15, 0.2) is 0 Å². The van der Waals surface area contributed by atoms with Crippen LogP contribution in [0.25, 0.3) is 0 Å². The molecule has 2 atom stereocenters. The highest BCUT2D eigenvalue weighted by Gasteiger charge is 2.36. The molecule has 2 saturated heterocycles. The summed E-state index contributed by atoms with van der Waals surface area (Å²) in [7, 11) is 0. The van der Waals surface area contributed by atoms with Crippen LogP contribution in [0.5, 0.6) is 0 Å². The van der Waals surface area contributed by atoms with Gasteiger partial charge in [-0.3, -0.25) is 4.90 Å². The van der Waals surface area contributed by atoms with Gasteiger partial charge in [0.05, 0.1) is 6.04 Å². The summed E-state index contributed by atoms with van der Waals surface area (Å²) in [6, 6.07) is 0.869. The summed E-state index contributed by atoms with van der Waals surface area (Å²) >= 11 is 0. The number of carbonyl (C=O) groups excluding carboxylic acids is 1. The molecule has 0 aromatic carbocycles. The van der Waals surface area contributed by atoms with Crippen LogP contribution >= 0.6 is 0 Å². The fourth-order valence-electron chi connectivity index (χ4n) is 2.18. The lowest BCUT2D eigenvalue weighted by Crippen LogP contribution is -2.55. The third-order valence-corrected chi connectivity index (χ3v) is 3.23. The summed E-state index contributed by atoms with van der Waals surface area (Å²) < 4.78 is 0. The highest BCUT2D eigenvalue weighted by atomic mass is 16.2. The molecule has 80 valence electrons. The van der Waals surface area contributed by atoms with E-state index in [9.17, 15) is 4.79 Å². The van der Waals surface area contributed by atoms with Crippen molar-refractivity contribution >= 4 is 6.03 Å². The fraction of sp³-hybridized carbons (Fsp3) is 0.889. The average molecular weight is 198 g/mol. The topological polar surface area (TPSA) is 61.6 Å². The van der Waals surface area contributed by atoms with Crippen molar-refractivity contribution in [3.8, 4) is 0 Å². The predicted octanol–water partition coefficient (Wildman–Crippen LogP) is -0.957. The lowest BCUT2D eigenvalue weighted by molar-refractivity contribution is 0.0964. The molecular formula is C9H18N4O. The van der Waals surface area contributed by atoms with E-state index in [1.165, 1.54) is 0 Å². The van der Waals surface area contributed by atoms with Crippen LogP contribution in [0.15, 0.2) is 0 Å². The number of urea groups is 1. The summed E-state index contributed by atoms with van der Waals surface area (Å²) in [4.78, 5) is 15.6. The van der Waals surface area contributed by atoms with Crippen molar-refractivity contribution < 1.29 is 4.79 Å². The number of nitrogens with zero attached hydrogens (tertiary/aromatic N) is 2. The second-order valence-electron chi connectivity index (χ2n) is 4.11. The SMILES string of the molecule is CC(CN)N1CCN2C(=O)NCC2C1. The van der Waals surface area contributed by atoms with E-state index in [2.05, 4.69) is 17.1 Å². The molecule has 5 heteroatoms. The summed E-state index contributed by atoms with van der Waals surface area (Å²) in [5.74, 6) is 0. The third kappa shape index (κ3) is 1.57. The van der Waals surface area contributed by atoms with Gasteiger partial charge in [0.1, 0.15) is 0 Å². The van der Waals surface area contributed by atoms with Crippen molar-refractivity contribution in [2.75, 3.05) is 32.7 Å². The molecule has 0 radical (unpaired) electrons. The number of carbonyl (C=O) groups is 1. The predicted molar refractivity (Wildman–Crippen MR) is 54.0 cm³/mol. The first-order valence-electron chi connectivity index (χ1n) is 5.21. The Morgan fingerprint density at radius 3 is 3.14 bits per heavy atom. The molecule has 2 fully saturated rings. The number of hydrogen-bond acceptors (Lipinski definition) is 3. The highest BCUT2D eigenvalue weighted by Crippen LogP contribution is 2.15. The maximum absolute atomic E-state index is 11.3. The lowest BCUT2D eigenvalue weighted by Gasteiger charge is -2.39. The minimum absolute atomic E-state index is 0.0926. The van der Waals surface area contributed by atoms with Crippen LogP contribution in [0.3, 0.4) is 0 Å². The molecule has 2 heterocycles. The molecule has 2 unspecified atom stereocenters. The lowest BCUT2D eigenvalue weighted by atomic mass is 10.1. The van der Waals surface area contributed by atoms with Crippen molar-refractivity contribution in [1.29, 1.82) is 0 Å². The van der Waals surface area contributed by atoms with Crippen LogP contribution in [0.1, 0.15) is 6.92 Å². The highest BCUT2D eigenvalue weighted by molar-refractivity contribution is 5.77. The number of piperazine rings is 1. The first-order valence-corrected chi connectivity index (χ1v) is 5.21. The Hall–Kier alpha value is -0.810. The van der Waals surface area contributed by atoms with Gasteiger partial charge in [0.2, 0.25) is 0 Å². The Labute approximate surface area is 84.2 Å². The maximum Gasteiger partial charge on any atom is 0.317 e. The molecule has 0 aromatic heterocycles. The molecule has 2 amide bonds. The Balaban J connectivity index is 1.95. The molecular weight excluding hydrogens is 180 g/mol. The van der Waals surface area contributed by atoms with Crippen molar-refractivity contribution in [2.24, 2.45) is 5.73 Å². The fourth-order valence-corrected chi connectivity index (χ4v) is 2.18. The van der Waals surface area contributed by atoms with Crippen LogP contribution in [-0.4, -0.2) is 60.6 Å². The summed E-state index contributed by atoms with van der Waals surface area (Å²) in [5, 5.41) is 2.87. The largest absolute Gasteiger partial charge is 0.336 e. The number of nitrogens with two attached hydrogens (primary N) is 1. The van der Waals surface area contributed by atoms with Gasteiger partial charge in [0.25, 0.3) is 0 Å². The van der Waals surface area contributed by atoms with E-state index in [-0.39, 0.29) is 6.03 Å². The molecule has 0 spiro atoms. The summed E-state index contributed by atoms with van der Waals surface area (Å²) in [6.45, 7) is 6.35. The molecule has 2 aliphatic heterocycles. The first kappa shape index (κ1) is 9.73. The molecule has 3 N–H and O–H groups in total. The van der Waals surface area contributed by atoms with Gasteiger partial charge in [-0.05, 0) is 6.92 Å².